The van der Waals surface area contributed by atoms with Crippen LogP contribution in [0.4, 0.5) is 0 Å². The third-order valence-corrected chi connectivity index (χ3v) is 4.47. The number of nitrogens with zero attached hydrogens (tertiary/aromatic N) is 2. The SMILES string of the molecule is CNC(Cc1cc(OC)ncn1)C1(c2ccccc2)CC1. The fraction of sp³-hybridized carbons (Fsp3) is 0.412. The summed E-state index contributed by atoms with van der Waals surface area (Å²) in [7, 11) is 3.67. The molecule has 4 heteroatoms. The first-order valence-electron chi connectivity index (χ1n) is 7.36. The lowest BCUT2D eigenvalue weighted by Gasteiger charge is -2.27. The van der Waals surface area contributed by atoms with E-state index in [0.29, 0.717) is 11.9 Å². The van der Waals surface area contributed by atoms with E-state index in [1.165, 1.54) is 18.4 Å². The average Bonchev–Trinajstić information content (AvgIpc) is 3.35. The van der Waals surface area contributed by atoms with Crippen LogP contribution in [-0.2, 0) is 11.8 Å². The van der Waals surface area contributed by atoms with Gasteiger partial charge in [0.25, 0.3) is 0 Å². The van der Waals surface area contributed by atoms with Crippen LogP contribution in [0.15, 0.2) is 42.7 Å². The lowest BCUT2D eigenvalue weighted by atomic mass is 9.85. The van der Waals surface area contributed by atoms with E-state index in [9.17, 15) is 0 Å². The van der Waals surface area contributed by atoms with Gasteiger partial charge in [-0.05, 0) is 25.5 Å². The van der Waals surface area contributed by atoms with Crippen LogP contribution >= 0.6 is 0 Å². The zero-order valence-corrected chi connectivity index (χ0v) is 12.5. The topological polar surface area (TPSA) is 47.0 Å². The molecule has 1 N–H and O–H groups in total. The average molecular weight is 283 g/mol. The highest BCUT2D eigenvalue weighted by Crippen LogP contribution is 2.51. The summed E-state index contributed by atoms with van der Waals surface area (Å²) in [6, 6.07) is 13.1. The van der Waals surface area contributed by atoms with Gasteiger partial charge in [-0.3, -0.25) is 0 Å². The monoisotopic (exact) mass is 283 g/mol. The Balaban J connectivity index is 1.82. The molecule has 21 heavy (non-hydrogen) atoms. The fourth-order valence-corrected chi connectivity index (χ4v) is 3.13. The largest absolute Gasteiger partial charge is 0.481 e. The Morgan fingerprint density at radius 3 is 2.62 bits per heavy atom. The standard InChI is InChI=1S/C17H21N3O/c1-18-15(10-14-11-16(21-2)20-12-19-14)17(8-9-17)13-6-4-3-5-7-13/h3-7,11-12,15,18H,8-10H2,1-2H3. The molecule has 1 atom stereocenters. The summed E-state index contributed by atoms with van der Waals surface area (Å²) in [5, 5.41) is 3.49. The van der Waals surface area contributed by atoms with Crippen molar-refractivity contribution in [2.24, 2.45) is 0 Å². The van der Waals surface area contributed by atoms with Crippen LogP contribution in [0.5, 0.6) is 5.88 Å². The molecule has 1 saturated carbocycles. The maximum atomic E-state index is 5.18. The molecule has 3 rings (SSSR count). The van der Waals surface area contributed by atoms with Crippen LogP contribution in [-0.4, -0.2) is 30.2 Å². The first-order chi connectivity index (χ1) is 10.3. The molecule has 1 aliphatic rings. The Morgan fingerprint density at radius 1 is 1.24 bits per heavy atom. The zero-order chi connectivity index (χ0) is 14.7. The molecule has 2 aromatic rings. The van der Waals surface area contributed by atoms with Crippen LogP contribution in [0.25, 0.3) is 0 Å². The van der Waals surface area contributed by atoms with Crippen molar-refractivity contribution in [2.75, 3.05) is 14.2 Å². The van der Waals surface area contributed by atoms with Gasteiger partial charge >= 0.3 is 0 Å². The van der Waals surface area contributed by atoms with Crippen LogP contribution in [0.1, 0.15) is 24.1 Å². The molecular formula is C17H21N3O. The summed E-state index contributed by atoms with van der Waals surface area (Å²) >= 11 is 0. The molecule has 1 aromatic carbocycles. The third-order valence-electron chi connectivity index (χ3n) is 4.47. The van der Waals surface area contributed by atoms with Gasteiger partial charge in [0.05, 0.1) is 7.11 Å². The van der Waals surface area contributed by atoms with Crippen molar-refractivity contribution in [1.29, 1.82) is 0 Å². The minimum Gasteiger partial charge on any atom is -0.481 e. The highest BCUT2D eigenvalue weighted by molar-refractivity contribution is 5.34. The summed E-state index contributed by atoms with van der Waals surface area (Å²) in [6.45, 7) is 0. The second-order valence-electron chi connectivity index (χ2n) is 5.62. The third kappa shape index (κ3) is 2.76. The predicted octanol–water partition coefficient (Wildman–Crippen LogP) is 2.35. The summed E-state index contributed by atoms with van der Waals surface area (Å²) in [5.41, 5.74) is 2.68. The van der Waals surface area contributed by atoms with E-state index in [0.717, 1.165) is 12.1 Å². The van der Waals surface area contributed by atoms with Crippen molar-refractivity contribution in [2.45, 2.75) is 30.7 Å². The normalized spacial score (nSPS) is 17.2. The Kier molecular flexibility index (Phi) is 3.88. The van der Waals surface area contributed by atoms with Crippen LogP contribution < -0.4 is 10.1 Å². The number of likely N-dealkylation sites (N-methyl/N-ethyl adjacent to an activating group) is 1. The second-order valence-corrected chi connectivity index (χ2v) is 5.62. The second kappa shape index (κ2) is 5.82. The molecule has 1 unspecified atom stereocenters. The predicted molar refractivity (Wildman–Crippen MR) is 82.5 cm³/mol. The van der Waals surface area contributed by atoms with E-state index in [4.69, 9.17) is 4.74 Å². The minimum atomic E-state index is 0.244. The molecule has 1 aromatic heterocycles. The first kappa shape index (κ1) is 14.0. The molecule has 0 saturated heterocycles. The number of methoxy groups -OCH3 is 1. The van der Waals surface area contributed by atoms with E-state index in [1.807, 2.05) is 13.1 Å². The van der Waals surface area contributed by atoms with Crippen molar-refractivity contribution in [3.8, 4) is 5.88 Å². The van der Waals surface area contributed by atoms with Crippen molar-refractivity contribution >= 4 is 0 Å². The fourth-order valence-electron chi connectivity index (χ4n) is 3.13. The summed E-state index contributed by atoms with van der Waals surface area (Å²) in [6.07, 6.45) is 4.91. The molecule has 4 nitrogen and oxygen atoms in total. The van der Waals surface area contributed by atoms with Crippen molar-refractivity contribution in [3.63, 3.8) is 0 Å². The Bertz CT molecular complexity index is 596. The summed E-state index contributed by atoms with van der Waals surface area (Å²) in [5.74, 6) is 0.624. The number of hydrogen-bond donors (Lipinski definition) is 1. The van der Waals surface area contributed by atoms with E-state index in [-0.39, 0.29) is 5.41 Å². The minimum absolute atomic E-state index is 0.244. The summed E-state index contributed by atoms with van der Waals surface area (Å²) < 4.78 is 5.18. The van der Waals surface area contributed by atoms with Gasteiger partial charge in [-0.15, -0.1) is 0 Å². The van der Waals surface area contributed by atoms with Gasteiger partial charge < -0.3 is 10.1 Å². The van der Waals surface area contributed by atoms with Gasteiger partial charge in [-0.25, -0.2) is 9.97 Å². The van der Waals surface area contributed by atoms with Crippen molar-refractivity contribution in [1.82, 2.24) is 15.3 Å². The maximum absolute atomic E-state index is 5.18. The Morgan fingerprint density at radius 2 is 2.00 bits per heavy atom. The van der Waals surface area contributed by atoms with Gasteiger partial charge in [0.15, 0.2) is 0 Å². The number of aromatic nitrogens is 2. The molecule has 0 bridgehead atoms. The smallest absolute Gasteiger partial charge is 0.216 e. The van der Waals surface area contributed by atoms with Crippen molar-refractivity contribution in [3.05, 3.63) is 54.0 Å². The first-order valence-corrected chi connectivity index (χ1v) is 7.36. The number of hydrogen-bond acceptors (Lipinski definition) is 4. The molecule has 0 spiro atoms. The van der Waals surface area contributed by atoms with Gasteiger partial charge in [0.1, 0.15) is 6.33 Å². The summed E-state index contributed by atoms with van der Waals surface area (Å²) in [4.78, 5) is 8.45. The lowest BCUT2D eigenvalue weighted by molar-refractivity contribution is 0.393. The van der Waals surface area contributed by atoms with E-state index in [2.05, 4.69) is 45.6 Å². The highest BCUT2D eigenvalue weighted by atomic mass is 16.5. The van der Waals surface area contributed by atoms with Gasteiger partial charge in [0, 0.05) is 29.6 Å². The number of nitrogens with one attached hydrogen (secondary N) is 1. The molecule has 1 fully saturated rings. The van der Waals surface area contributed by atoms with Crippen LogP contribution in [0.3, 0.4) is 0 Å². The van der Waals surface area contributed by atoms with Gasteiger partial charge in [-0.2, -0.15) is 0 Å². The van der Waals surface area contributed by atoms with Gasteiger partial charge in [0.2, 0.25) is 5.88 Å². The molecule has 110 valence electrons. The van der Waals surface area contributed by atoms with Crippen LogP contribution in [0.2, 0.25) is 0 Å². The molecule has 1 aliphatic carbocycles. The molecule has 0 aliphatic heterocycles. The van der Waals surface area contributed by atoms with Crippen molar-refractivity contribution < 1.29 is 4.74 Å². The number of rotatable bonds is 6. The quantitative estimate of drug-likeness (QED) is 0.884. The van der Waals surface area contributed by atoms with E-state index in [1.54, 1.807) is 13.4 Å². The molecule has 0 amide bonds. The lowest BCUT2D eigenvalue weighted by Crippen LogP contribution is -2.39. The van der Waals surface area contributed by atoms with Crippen LogP contribution in [0, 0.1) is 0 Å². The zero-order valence-electron chi connectivity index (χ0n) is 12.5. The van der Waals surface area contributed by atoms with Gasteiger partial charge in [-0.1, -0.05) is 30.3 Å². The highest BCUT2D eigenvalue weighted by Gasteiger charge is 2.49. The van der Waals surface area contributed by atoms with E-state index < -0.39 is 0 Å². The number of benzene rings is 1. The number of ether oxygens (including phenoxy) is 1. The van der Waals surface area contributed by atoms with E-state index >= 15 is 0 Å². The maximum Gasteiger partial charge on any atom is 0.216 e. The molecular weight excluding hydrogens is 262 g/mol. The Hall–Kier alpha value is -1.94. The molecule has 0 radical (unpaired) electrons. The molecule has 1 heterocycles. The Labute approximate surface area is 125 Å².